The molecule has 3 atom stereocenters. The Morgan fingerprint density at radius 3 is 2.91 bits per heavy atom. The lowest BCUT2D eigenvalue weighted by atomic mass is 9.95. The number of furan rings is 1. The van der Waals surface area contributed by atoms with Crippen LogP contribution in [0.5, 0.6) is 11.7 Å². The first-order chi connectivity index (χ1) is 10.8. The second kappa shape index (κ2) is 5.84. The molecule has 0 saturated heterocycles. The highest BCUT2D eigenvalue weighted by Crippen LogP contribution is 2.44. The lowest BCUT2D eigenvalue weighted by Crippen LogP contribution is -2.34. The molecule has 0 amide bonds. The van der Waals surface area contributed by atoms with Crippen molar-refractivity contribution in [1.29, 1.82) is 0 Å². The van der Waals surface area contributed by atoms with E-state index in [1.807, 2.05) is 24.3 Å². The highest BCUT2D eigenvalue weighted by molar-refractivity contribution is 5.86. The first-order valence-electron chi connectivity index (χ1n) is 8.38. The van der Waals surface area contributed by atoms with Crippen molar-refractivity contribution in [3.63, 3.8) is 0 Å². The molecule has 4 rings (SSSR count). The van der Waals surface area contributed by atoms with Gasteiger partial charge >= 0.3 is 5.95 Å². The van der Waals surface area contributed by atoms with Crippen LogP contribution < -0.4 is 10.1 Å². The number of benzene rings is 1. The molecule has 2 aromatic rings. The van der Waals surface area contributed by atoms with Crippen molar-refractivity contribution in [2.75, 3.05) is 13.2 Å². The topological polar surface area (TPSA) is 54.6 Å². The fourth-order valence-corrected chi connectivity index (χ4v) is 4.13. The van der Waals surface area contributed by atoms with Crippen molar-refractivity contribution in [1.82, 2.24) is 5.32 Å². The van der Waals surface area contributed by atoms with Gasteiger partial charge in [0, 0.05) is 6.04 Å². The Morgan fingerprint density at radius 1 is 1.23 bits per heavy atom. The molecule has 2 bridgehead atoms. The van der Waals surface area contributed by atoms with Crippen LogP contribution in [0, 0.1) is 11.8 Å². The smallest absolute Gasteiger partial charge is 0.329 e. The van der Waals surface area contributed by atoms with Gasteiger partial charge in [0.15, 0.2) is 0 Å². The summed E-state index contributed by atoms with van der Waals surface area (Å²) in [6.07, 6.45) is 6.56. The van der Waals surface area contributed by atoms with E-state index in [1.165, 1.54) is 25.7 Å². The lowest BCUT2D eigenvalue weighted by molar-refractivity contribution is 0.227. The molecule has 1 aromatic heterocycles. The summed E-state index contributed by atoms with van der Waals surface area (Å²) in [6, 6.07) is 8.14. The van der Waals surface area contributed by atoms with E-state index in [1.54, 1.807) is 0 Å². The molecule has 2 N–H and O–H groups in total. The van der Waals surface area contributed by atoms with Gasteiger partial charge in [-0.2, -0.15) is 0 Å². The number of para-hydroxylation sites is 1. The minimum atomic E-state index is 0.108. The van der Waals surface area contributed by atoms with Gasteiger partial charge < -0.3 is 19.6 Å². The van der Waals surface area contributed by atoms with Gasteiger partial charge in [0.25, 0.3) is 0 Å². The molecule has 0 aliphatic heterocycles. The summed E-state index contributed by atoms with van der Waals surface area (Å²) < 4.78 is 11.1. The predicted octanol–water partition coefficient (Wildman–Crippen LogP) is 3.69. The summed E-state index contributed by atoms with van der Waals surface area (Å²) in [7, 11) is 0. The van der Waals surface area contributed by atoms with E-state index in [2.05, 4.69) is 5.32 Å². The molecule has 4 heteroatoms. The first kappa shape index (κ1) is 13.9. The minimum absolute atomic E-state index is 0.108. The Labute approximate surface area is 130 Å². The molecule has 2 saturated carbocycles. The molecule has 1 heterocycles. The van der Waals surface area contributed by atoms with Gasteiger partial charge in [-0.3, -0.25) is 0 Å². The molecule has 2 aliphatic carbocycles. The number of fused-ring (bicyclic) bond motifs is 3. The zero-order valence-electron chi connectivity index (χ0n) is 12.8. The maximum atomic E-state index is 10.1. The molecular weight excluding hydrogens is 278 g/mol. The highest BCUT2D eigenvalue weighted by Gasteiger charge is 2.38. The summed E-state index contributed by atoms with van der Waals surface area (Å²) in [4.78, 5) is 0. The van der Waals surface area contributed by atoms with Crippen molar-refractivity contribution in [3.05, 3.63) is 24.3 Å². The Hall–Kier alpha value is -1.68. The molecule has 3 unspecified atom stereocenters. The average molecular weight is 301 g/mol. The van der Waals surface area contributed by atoms with E-state index in [0.717, 1.165) is 30.8 Å². The molecular formula is C18H23NO3. The summed E-state index contributed by atoms with van der Waals surface area (Å²) in [5.74, 6) is 2.23. The highest BCUT2D eigenvalue weighted by atomic mass is 16.6. The average Bonchev–Trinajstić information content (AvgIpc) is 3.23. The summed E-state index contributed by atoms with van der Waals surface area (Å²) in [5.41, 5.74) is 0.662. The molecule has 118 valence electrons. The third-order valence-electron chi connectivity index (χ3n) is 5.24. The Balaban J connectivity index is 1.24. The van der Waals surface area contributed by atoms with Crippen LogP contribution in [-0.4, -0.2) is 24.3 Å². The van der Waals surface area contributed by atoms with Gasteiger partial charge in [0.1, 0.15) is 5.58 Å². The molecule has 2 fully saturated rings. The first-order valence-corrected chi connectivity index (χ1v) is 8.38. The quantitative estimate of drug-likeness (QED) is 0.799. The maximum absolute atomic E-state index is 10.1. The Kier molecular flexibility index (Phi) is 3.70. The molecule has 2 aliphatic rings. The normalized spacial score (nSPS) is 26.8. The van der Waals surface area contributed by atoms with E-state index >= 15 is 0 Å². The van der Waals surface area contributed by atoms with Gasteiger partial charge in [-0.15, -0.1) is 0 Å². The number of hydrogen-bond donors (Lipinski definition) is 2. The Bertz CT molecular complexity index is 651. The van der Waals surface area contributed by atoms with Gasteiger partial charge in [0.2, 0.25) is 5.75 Å². The summed E-state index contributed by atoms with van der Waals surface area (Å²) in [5, 5.41) is 14.4. The Morgan fingerprint density at radius 2 is 2.14 bits per heavy atom. The van der Waals surface area contributed by atoms with Crippen LogP contribution in [0.25, 0.3) is 11.0 Å². The molecule has 1 aromatic carbocycles. The zero-order chi connectivity index (χ0) is 14.9. The van der Waals surface area contributed by atoms with Gasteiger partial charge in [0.05, 0.1) is 12.0 Å². The van der Waals surface area contributed by atoms with Crippen molar-refractivity contribution in [2.24, 2.45) is 11.8 Å². The van der Waals surface area contributed by atoms with Crippen LogP contribution >= 0.6 is 0 Å². The number of rotatable bonds is 6. The van der Waals surface area contributed by atoms with Crippen molar-refractivity contribution in [3.8, 4) is 11.7 Å². The van der Waals surface area contributed by atoms with E-state index in [4.69, 9.17) is 9.15 Å². The number of nitrogens with one attached hydrogen (secondary N) is 1. The van der Waals surface area contributed by atoms with Crippen LogP contribution in [0.2, 0.25) is 0 Å². The minimum Gasteiger partial charge on any atom is -0.501 e. The fourth-order valence-electron chi connectivity index (χ4n) is 4.13. The SMILES string of the molecule is Oc1c(OCCCNC2CC3CCC2C3)oc2ccccc12. The van der Waals surface area contributed by atoms with E-state index in [9.17, 15) is 5.11 Å². The van der Waals surface area contributed by atoms with Crippen LogP contribution in [0.1, 0.15) is 32.1 Å². The molecule has 4 nitrogen and oxygen atoms in total. The van der Waals surface area contributed by atoms with E-state index in [0.29, 0.717) is 17.6 Å². The third kappa shape index (κ3) is 2.56. The van der Waals surface area contributed by atoms with Crippen molar-refractivity contribution >= 4 is 11.0 Å². The van der Waals surface area contributed by atoms with Crippen LogP contribution in [0.15, 0.2) is 28.7 Å². The summed E-state index contributed by atoms with van der Waals surface area (Å²) in [6.45, 7) is 1.52. The number of aromatic hydroxyl groups is 1. The maximum Gasteiger partial charge on any atom is 0.329 e. The van der Waals surface area contributed by atoms with Gasteiger partial charge in [-0.25, -0.2) is 0 Å². The predicted molar refractivity (Wildman–Crippen MR) is 85.2 cm³/mol. The van der Waals surface area contributed by atoms with Crippen molar-refractivity contribution < 1.29 is 14.3 Å². The third-order valence-corrected chi connectivity index (χ3v) is 5.24. The van der Waals surface area contributed by atoms with Crippen LogP contribution in [0.4, 0.5) is 0 Å². The number of hydrogen-bond acceptors (Lipinski definition) is 4. The second-order valence-corrected chi connectivity index (χ2v) is 6.67. The fraction of sp³-hybridized carbons (Fsp3) is 0.556. The molecule has 0 radical (unpaired) electrons. The van der Waals surface area contributed by atoms with E-state index in [-0.39, 0.29) is 11.7 Å². The monoisotopic (exact) mass is 301 g/mol. The second-order valence-electron chi connectivity index (χ2n) is 6.67. The largest absolute Gasteiger partial charge is 0.501 e. The summed E-state index contributed by atoms with van der Waals surface area (Å²) >= 11 is 0. The van der Waals surface area contributed by atoms with Crippen molar-refractivity contribution in [2.45, 2.75) is 38.1 Å². The molecule has 0 spiro atoms. The van der Waals surface area contributed by atoms with Gasteiger partial charge in [-0.1, -0.05) is 18.6 Å². The van der Waals surface area contributed by atoms with Crippen LogP contribution in [-0.2, 0) is 0 Å². The van der Waals surface area contributed by atoms with Gasteiger partial charge in [-0.05, 0) is 56.2 Å². The van der Waals surface area contributed by atoms with Crippen LogP contribution in [0.3, 0.4) is 0 Å². The van der Waals surface area contributed by atoms with E-state index < -0.39 is 0 Å². The standard InChI is InChI=1S/C18H23NO3/c20-17-14-4-1-2-5-16(14)22-18(17)21-9-3-8-19-15-11-12-6-7-13(15)10-12/h1-2,4-5,12-13,15,19-20H,3,6-11H2. The molecule has 22 heavy (non-hydrogen) atoms. The lowest BCUT2D eigenvalue weighted by Gasteiger charge is -2.22. The zero-order valence-corrected chi connectivity index (χ0v) is 12.8. The number of ether oxygens (including phenoxy) is 1.